The topological polar surface area (TPSA) is 66.5 Å². The van der Waals surface area contributed by atoms with Crippen molar-refractivity contribution in [3.05, 3.63) is 0 Å². The van der Waals surface area contributed by atoms with Crippen molar-refractivity contribution in [2.75, 3.05) is 31.1 Å². The van der Waals surface area contributed by atoms with E-state index in [4.69, 9.17) is 0 Å². The highest BCUT2D eigenvalue weighted by atomic mass is 32.2. The molecule has 3 rings (SSSR count). The van der Waals surface area contributed by atoms with Crippen molar-refractivity contribution in [3.8, 4) is 0 Å². The summed E-state index contributed by atoms with van der Waals surface area (Å²) in [5.41, 5.74) is 0.491. The van der Waals surface area contributed by atoms with E-state index in [9.17, 15) is 13.2 Å². The normalized spacial score (nSPS) is 29.8. The van der Waals surface area contributed by atoms with Gasteiger partial charge in [0.15, 0.2) is 9.84 Å². The Kier molecular flexibility index (Phi) is 5.73. The van der Waals surface area contributed by atoms with Gasteiger partial charge in [-0.2, -0.15) is 0 Å². The lowest BCUT2D eigenvalue weighted by Gasteiger charge is -2.36. The summed E-state index contributed by atoms with van der Waals surface area (Å²) in [6.45, 7) is 2.20. The molecule has 2 saturated heterocycles. The van der Waals surface area contributed by atoms with E-state index in [2.05, 4.69) is 5.32 Å². The lowest BCUT2D eigenvalue weighted by molar-refractivity contribution is 0.157. The number of nitrogens with zero attached hydrogens (tertiary/aromatic N) is 1. The Morgan fingerprint density at radius 1 is 1.00 bits per heavy atom. The van der Waals surface area contributed by atoms with Crippen LogP contribution in [0, 0.1) is 11.3 Å². The molecule has 5 nitrogen and oxygen atoms in total. The van der Waals surface area contributed by atoms with Crippen LogP contribution in [0.5, 0.6) is 0 Å². The van der Waals surface area contributed by atoms with Crippen molar-refractivity contribution in [2.24, 2.45) is 11.3 Å². The molecule has 1 atom stereocenters. The number of carbonyl (C=O) groups excluding carboxylic acids is 1. The van der Waals surface area contributed by atoms with Crippen LogP contribution in [0.4, 0.5) is 4.79 Å². The zero-order chi connectivity index (χ0) is 17.0. The summed E-state index contributed by atoms with van der Waals surface area (Å²) in [5, 5.41) is 3.00. The predicted molar refractivity (Wildman–Crippen MR) is 95.7 cm³/mol. The Morgan fingerprint density at radius 3 is 2.50 bits per heavy atom. The number of carbonyl (C=O) groups is 1. The molecule has 3 aliphatic rings. The number of nitrogens with one attached hydrogen (secondary N) is 1. The third-order valence-electron chi connectivity index (χ3n) is 6.35. The molecule has 1 N–H and O–H groups in total. The minimum atomic E-state index is -2.89. The van der Waals surface area contributed by atoms with E-state index >= 15 is 0 Å². The maximum atomic E-state index is 12.5. The molecule has 1 aliphatic carbocycles. The van der Waals surface area contributed by atoms with E-state index in [0.29, 0.717) is 17.7 Å². The second-order valence-corrected chi connectivity index (χ2v) is 10.4. The molecule has 2 aliphatic heterocycles. The largest absolute Gasteiger partial charge is 0.338 e. The molecular formula is C18H32N2O3S. The number of rotatable bonds is 2. The lowest BCUT2D eigenvalue weighted by atomic mass is 9.69. The van der Waals surface area contributed by atoms with Gasteiger partial charge < -0.3 is 10.2 Å². The fourth-order valence-corrected chi connectivity index (χ4v) is 6.66. The molecule has 6 heteroatoms. The van der Waals surface area contributed by atoms with Crippen LogP contribution in [-0.4, -0.2) is 50.5 Å². The van der Waals surface area contributed by atoms with E-state index in [0.717, 1.165) is 38.8 Å². The summed E-state index contributed by atoms with van der Waals surface area (Å²) in [6, 6.07) is 0.00540. The van der Waals surface area contributed by atoms with Gasteiger partial charge in [0.2, 0.25) is 0 Å². The molecule has 1 saturated carbocycles. The maximum Gasteiger partial charge on any atom is 0.317 e. The number of amides is 2. The number of urea groups is 1. The zero-order valence-corrected chi connectivity index (χ0v) is 15.6. The van der Waals surface area contributed by atoms with E-state index in [1.165, 1.54) is 38.5 Å². The fourth-order valence-electron chi connectivity index (χ4n) is 4.88. The van der Waals surface area contributed by atoms with Gasteiger partial charge in [-0.3, -0.25) is 0 Å². The molecule has 24 heavy (non-hydrogen) atoms. The number of likely N-dealkylation sites (tertiary alicyclic amines) is 1. The summed E-state index contributed by atoms with van der Waals surface area (Å²) in [4.78, 5) is 14.5. The van der Waals surface area contributed by atoms with Crippen LogP contribution in [-0.2, 0) is 9.84 Å². The van der Waals surface area contributed by atoms with Crippen LogP contribution in [0.3, 0.4) is 0 Å². The van der Waals surface area contributed by atoms with Gasteiger partial charge in [-0.15, -0.1) is 0 Å². The first-order valence-corrected chi connectivity index (χ1v) is 11.5. The first-order chi connectivity index (χ1) is 11.5. The lowest BCUT2D eigenvalue weighted by Crippen LogP contribution is -2.44. The van der Waals surface area contributed by atoms with Crippen molar-refractivity contribution >= 4 is 15.9 Å². The van der Waals surface area contributed by atoms with Gasteiger partial charge in [0, 0.05) is 19.6 Å². The Morgan fingerprint density at radius 2 is 1.75 bits per heavy atom. The van der Waals surface area contributed by atoms with Gasteiger partial charge in [-0.25, -0.2) is 13.2 Å². The third kappa shape index (κ3) is 4.64. The molecule has 0 bridgehead atoms. The van der Waals surface area contributed by atoms with Gasteiger partial charge in [0.1, 0.15) is 0 Å². The minimum absolute atomic E-state index is 0.00540. The highest BCUT2D eigenvalue weighted by molar-refractivity contribution is 7.91. The SMILES string of the molecule is O=C(NCC1CCCS(=O)(=O)C1)N1CCCC2(CCCCC2)CC1. The van der Waals surface area contributed by atoms with E-state index < -0.39 is 9.84 Å². The second-order valence-electron chi connectivity index (χ2n) is 8.21. The summed E-state index contributed by atoms with van der Waals surface area (Å²) in [6.07, 6.45) is 11.9. The third-order valence-corrected chi connectivity index (χ3v) is 8.24. The summed E-state index contributed by atoms with van der Waals surface area (Å²) < 4.78 is 23.4. The van der Waals surface area contributed by atoms with Crippen LogP contribution in [0.1, 0.15) is 64.2 Å². The first kappa shape index (κ1) is 18.0. The van der Waals surface area contributed by atoms with Crippen LogP contribution in [0.2, 0.25) is 0 Å². The molecule has 2 heterocycles. The van der Waals surface area contributed by atoms with Crippen molar-refractivity contribution in [1.29, 1.82) is 0 Å². The smallest absolute Gasteiger partial charge is 0.317 e. The quantitative estimate of drug-likeness (QED) is 0.827. The average Bonchev–Trinajstić information content (AvgIpc) is 2.75. The van der Waals surface area contributed by atoms with Gasteiger partial charge in [0.25, 0.3) is 0 Å². The molecule has 0 aromatic heterocycles. The molecule has 138 valence electrons. The zero-order valence-electron chi connectivity index (χ0n) is 14.8. The number of sulfone groups is 1. The number of hydrogen-bond donors (Lipinski definition) is 1. The van der Waals surface area contributed by atoms with Crippen LogP contribution < -0.4 is 5.32 Å². The summed E-state index contributed by atoms with van der Waals surface area (Å²) in [7, 11) is -2.89. The highest BCUT2D eigenvalue weighted by Gasteiger charge is 2.34. The van der Waals surface area contributed by atoms with Gasteiger partial charge in [0.05, 0.1) is 11.5 Å². The standard InChI is InChI=1S/C18H32N2O3S/c21-17(19-14-16-6-4-13-24(22,23)15-16)20-11-5-9-18(10-12-20)7-2-1-3-8-18/h16H,1-15H2,(H,19,21). The molecule has 0 aromatic carbocycles. The predicted octanol–water partition coefficient (Wildman–Crippen LogP) is 2.96. The molecular weight excluding hydrogens is 324 g/mol. The van der Waals surface area contributed by atoms with Crippen molar-refractivity contribution in [3.63, 3.8) is 0 Å². The van der Waals surface area contributed by atoms with Crippen LogP contribution >= 0.6 is 0 Å². The second kappa shape index (κ2) is 7.63. The number of hydrogen-bond acceptors (Lipinski definition) is 3. The monoisotopic (exact) mass is 356 g/mol. The van der Waals surface area contributed by atoms with Crippen LogP contribution in [0.25, 0.3) is 0 Å². The van der Waals surface area contributed by atoms with E-state index in [1.807, 2.05) is 4.90 Å². The highest BCUT2D eigenvalue weighted by Crippen LogP contribution is 2.44. The van der Waals surface area contributed by atoms with Gasteiger partial charge >= 0.3 is 6.03 Å². The van der Waals surface area contributed by atoms with Crippen molar-refractivity contribution < 1.29 is 13.2 Å². The van der Waals surface area contributed by atoms with Gasteiger partial charge in [-0.05, 0) is 56.3 Å². The Labute approximate surface area is 146 Å². The molecule has 1 spiro atoms. The Bertz CT molecular complexity index is 540. The molecule has 3 fully saturated rings. The molecule has 2 amide bonds. The van der Waals surface area contributed by atoms with E-state index in [1.54, 1.807) is 0 Å². The Balaban J connectivity index is 1.47. The average molecular weight is 357 g/mol. The van der Waals surface area contributed by atoms with Crippen molar-refractivity contribution in [2.45, 2.75) is 64.2 Å². The molecule has 0 aromatic rings. The maximum absolute atomic E-state index is 12.5. The summed E-state index contributed by atoms with van der Waals surface area (Å²) >= 11 is 0. The van der Waals surface area contributed by atoms with E-state index in [-0.39, 0.29) is 17.7 Å². The molecule has 1 unspecified atom stereocenters. The van der Waals surface area contributed by atoms with Crippen LogP contribution in [0.15, 0.2) is 0 Å². The fraction of sp³-hybridized carbons (Fsp3) is 0.944. The Hall–Kier alpha value is -0.780. The molecule has 0 radical (unpaired) electrons. The van der Waals surface area contributed by atoms with Gasteiger partial charge in [-0.1, -0.05) is 19.3 Å². The van der Waals surface area contributed by atoms with Crippen molar-refractivity contribution in [1.82, 2.24) is 10.2 Å². The first-order valence-electron chi connectivity index (χ1n) is 9.71. The summed E-state index contributed by atoms with van der Waals surface area (Å²) in [5.74, 6) is 0.631. The minimum Gasteiger partial charge on any atom is -0.338 e.